The van der Waals surface area contributed by atoms with Crippen LogP contribution in [-0.4, -0.2) is 17.6 Å². The quantitative estimate of drug-likeness (QED) is 0.569. The number of anilines is 1. The number of nitrogens with one attached hydrogen (secondary N) is 3. The zero-order chi connectivity index (χ0) is 16.7. The molecule has 0 saturated heterocycles. The highest BCUT2D eigenvalue weighted by atomic mass is 35.5. The number of halogens is 2. The highest BCUT2D eigenvalue weighted by Gasteiger charge is 2.05. The molecular weight excluding hydrogens is 357 g/mol. The zero-order valence-electron chi connectivity index (χ0n) is 11.8. The van der Waals surface area contributed by atoms with Gasteiger partial charge in [-0.15, -0.1) is 0 Å². The summed E-state index contributed by atoms with van der Waals surface area (Å²) in [7, 11) is 0. The zero-order valence-corrected chi connectivity index (χ0v) is 14.1. The van der Waals surface area contributed by atoms with E-state index in [-0.39, 0.29) is 11.7 Å². The lowest BCUT2D eigenvalue weighted by atomic mass is 10.3. The number of carbonyl (C=O) groups excluding carboxylic acids is 1. The second kappa shape index (κ2) is 8.57. The Morgan fingerprint density at radius 1 is 1.04 bits per heavy atom. The van der Waals surface area contributed by atoms with Gasteiger partial charge in [0.05, 0.1) is 0 Å². The number of hydrogen-bond donors (Lipinski definition) is 3. The molecule has 8 heteroatoms. The number of ether oxygens (including phenoxy) is 1. The average Bonchev–Trinajstić information content (AvgIpc) is 2.51. The van der Waals surface area contributed by atoms with E-state index < -0.39 is 5.91 Å². The summed E-state index contributed by atoms with van der Waals surface area (Å²) in [6.45, 7) is -0.211. The first-order valence-electron chi connectivity index (χ1n) is 6.53. The van der Waals surface area contributed by atoms with Crippen LogP contribution in [0.15, 0.2) is 48.5 Å². The summed E-state index contributed by atoms with van der Waals surface area (Å²) in [5.41, 5.74) is 5.81. The van der Waals surface area contributed by atoms with Gasteiger partial charge in [-0.05, 0) is 42.5 Å². The second-order valence-electron chi connectivity index (χ2n) is 4.39. The van der Waals surface area contributed by atoms with Gasteiger partial charge in [0.25, 0.3) is 5.91 Å². The van der Waals surface area contributed by atoms with E-state index in [0.717, 1.165) is 5.69 Å². The largest absolute Gasteiger partial charge is 0.484 e. The number of benzene rings is 2. The van der Waals surface area contributed by atoms with Crippen LogP contribution in [0.3, 0.4) is 0 Å². The van der Waals surface area contributed by atoms with Crippen molar-refractivity contribution >= 4 is 52.1 Å². The van der Waals surface area contributed by atoms with Crippen molar-refractivity contribution in [2.24, 2.45) is 0 Å². The molecule has 1 amide bonds. The van der Waals surface area contributed by atoms with E-state index in [1.54, 1.807) is 18.2 Å². The van der Waals surface area contributed by atoms with Crippen molar-refractivity contribution in [3.8, 4) is 5.75 Å². The standard InChI is InChI=1S/C15H13Cl2N3O2S/c16-10-6-11(17)8-13(7-10)22-9-14(21)19-20-15(23)18-12-4-2-1-3-5-12/h1-8H,9H2,(H,19,21)(H2,18,20,23). The molecule has 23 heavy (non-hydrogen) atoms. The predicted molar refractivity (Wildman–Crippen MR) is 95.9 cm³/mol. The summed E-state index contributed by atoms with van der Waals surface area (Å²) in [6, 6.07) is 14.0. The minimum Gasteiger partial charge on any atom is -0.484 e. The molecule has 0 saturated carbocycles. The Labute approximate surface area is 148 Å². The lowest BCUT2D eigenvalue weighted by Gasteiger charge is -2.12. The number of thiocarbonyl (C=S) groups is 1. The summed E-state index contributed by atoms with van der Waals surface area (Å²) in [4.78, 5) is 11.7. The molecule has 0 heterocycles. The van der Waals surface area contributed by atoms with Gasteiger partial charge in [-0.3, -0.25) is 15.6 Å². The van der Waals surface area contributed by atoms with Crippen LogP contribution >= 0.6 is 35.4 Å². The van der Waals surface area contributed by atoms with Crippen LogP contribution in [0.25, 0.3) is 0 Å². The fourth-order valence-corrected chi connectivity index (χ4v) is 2.28. The van der Waals surface area contributed by atoms with Crippen LogP contribution in [0.2, 0.25) is 10.0 Å². The van der Waals surface area contributed by atoms with Crippen LogP contribution in [0.4, 0.5) is 5.69 Å². The minimum absolute atomic E-state index is 0.211. The summed E-state index contributed by atoms with van der Waals surface area (Å²) in [5, 5.41) is 4.04. The lowest BCUT2D eigenvalue weighted by Crippen LogP contribution is -2.45. The molecule has 2 aromatic carbocycles. The highest BCUT2D eigenvalue weighted by molar-refractivity contribution is 7.80. The molecule has 0 aliphatic rings. The summed E-state index contributed by atoms with van der Waals surface area (Å²) < 4.78 is 5.30. The fourth-order valence-electron chi connectivity index (χ4n) is 1.61. The maximum absolute atomic E-state index is 11.7. The highest BCUT2D eigenvalue weighted by Crippen LogP contribution is 2.23. The smallest absolute Gasteiger partial charge is 0.276 e. The topological polar surface area (TPSA) is 62.4 Å². The summed E-state index contributed by atoms with van der Waals surface area (Å²) in [6.07, 6.45) is 0. The number of rotatable bonds is 4. The number of hydrogen-bond acceptors (Lipinski definition) is 3. The van der Waals surface area contributed by atoms with Crippen LogP contribution in [0.1, 0.15) is 0 Å². The van der Waals surface area contributed by atoms with Gasteiger partial charge in [-0.2, -0.15) is 0 Å². The molecule has 0 atom stereocenters. The summed E-state index contributed by atoms with van der Waals surface area (Å²) >= 11 is 16.7. The third kappa shape index (κ3) is 6.32. The second-order valence-corrected chi connectivity index (χ2v) is 5.67. The molecule has 5 nitrogen and oxygen atoms in total. The maximum Gasteiger partial charge on any atom is 0.276 e. The molecule has 0 unspecified atom stereocenters. The van der Waals surface area contributed by atoms with E-state index in [1.165, 1.54) is 0 Å². The number of hydrazine groups is 1. The molecule has 2 rings (SSSR count). The van der Waals surface area contributed by atoms with Crippen molar-refractivity contribution in [3.63, 3.8) is 0 Å². The van der Waals surface area contributed by atoms with E-state index in [0.29, 0.717) is 15.8 Å². The Bertz CT molecular complexity index is 678. The maximum atomic E-state index is 11.7. The van der Waals surface area contributed by atoms with E-state index in [2.05, 4.69) is 16.2 Å². The van der Waals surface area contributed by atoms with E-state index in [9.17, 15) is 4.79 Å². The third-order valence-corrected chi connectivity index (χ3v) is 3.19. The first-order valence-corrected chi connectivity index (χ1v) is 7.69. The molecule has 0 radical (unpaired) electrons. The molecule has 120 valence electrons. The van der Waals surface area contributed by atoms with Crippen LogP contribution in [0.5, 0.6) is 5.75 Å². The monoisotopic (exact) mass is 369 g/mol. The Balaban J connectivity index is 1.73. The van der Waals surface area contributed by atoms with Gasteiger partial charge in [-0.1, -0.05) is 41.4 Å². The van der Waals surface area contributed by atoms with Crippen molar-refractivity contribution in [3.05, 3.63) is 58.6 Å². The average molecular weight is 370 g/mol. The Kier molecular flexibility index (Phi) is 6.46. The normalized spacial score (nSPS) is 9.83. The molecule has 2 aromatic rings. The SMILES string of the molecule is O=C(COc1cc(Cl)cc(Cl)c1)NNC(=S)Nc1ccccc1. The Morgan fingerprint density at radius 2 is 1.70 bits per heavy atom. The summed E-state index contributed by atoms with van der Waals surface area (Å²) in [5.74, 6) is 0.000877. The van der Waals surface area contributed by atoms with E-state index in [1.807, 2.05) is 30.3 Å². The van der Waals surface area contributed by atoms with Crippen LogP contribution < -0.4 is 20.9 Å². The van der Waals surface area contributed by atoms with Gasteiger partial charge in [0, 0.05) is 15.7 Å². The van der Waals surface area contributed by atoms with Crippen LogP contribution in [-0.2, 0) is 4.79 Å². The number of carbonyl (C=O) groups is 1. The van der Waals surface area contributed by atoms with Gasteiger partial charge >= 0.3 is 0 Å². The van der Waals surface area contributed by atoms with Crippen molar-refractivity contribution in [1.29, 1.82) is 0 Å². The van der Waals surface area contributed by atoms with Gasteiger partial charge in [0.2, 0.25) is 0 Å². The van der Waals surface area contributed by atoms with Crippen molar-refractivity contribution < 1.29 is 9.53 Å². The molecule has 0 aromatic heterocycles. The molecule has 3 N–H and O–H groups in total. The first-order chi connectivity index (χ1) is 11.0. The number of amides is 1. The molecular formula is C15H13Cl2N3O2S. The van der Waals surface area contributed by atoms with E-state index >= 15 is 0 Å². The molecule has 0 fully saturated rings. The predicted octanol–water partition coefficient (Wildman–Crippen LogP) is 3.39. The fraction of sp³-hybridized carbons (Fsp3) is 0.0667. The van der Waals surface area contributed by atoms with Gasteiger partial charge < -0.3 is 10.1 Å². The van der Waals surface area contributed by atoms with Crippen molar-refractivity contribution in [1.82, 2.24) is 10.9 Å². The van der Waals surface area contributed by atoms with Gasteiger partial charge in [-0.25, -0.2) is 0 Å². The van der Waals surface area contributed by atoms with Crippen LogP contribution in [0, 0.1) is 0 Å². The number of para-hydroxylation sites is 1. The van der Waals surface area contributed by atoms with Crippen molar-refractivity contribution in [2.45, 2.75) is 0 Å². The molecule has 0 spiro atoms. The third-order valence-electron chi connectivity index (χ3n) is 2.55. The minimum atomic E-state index is -0.404. The Morgan fingerprint density at radius 3 is 2.35 bits per heavy atom. The van der Waals surface area contributed by atoms with Gasteiger partial charge in [0.15, 0.2) is 11.7 Å². The van der Waals surface area contributed by atoms with E-state index in [4.69, 9.17) is 40.2 Å². The van der Waals surface area contributed by atoms with Gasteiger partial charge in [0.1, 0.15) is 5.75 Å². The lowest BCUT2D eigenvalue weighted by molar-refractivity contribution is -0.123. The molecule has 0 aliphatic carbocycles. The molecule has 0 bridgehead atoms. The molecule has 0 aliphatic heterocycles. The van der Waals surface area contributed by atoms with Crippen molar-refractivity contribution in [2.75, 3.05) is 11.9 Å². The first kappa shape index (κ1) is 17.3. The Hall–Kier alpha value is -2.02.